The Labute approximate surface area is 129 Å². The zero-order chi connectivity index (χ0) is 15.8. The lowest BCUT2D eigenvalue weighted by Gasteiger charge is -2.23. The van der Waals surface area contributed by atoms with Crippen molar-refractivity contribution in [1.29, 1.82) is 0 Å². The third kappa shape index (κ3) is 6.60. The van der Waals surface area contributed by atoms with Crippen LogP contribution in [0.4, 0.5) is 0 Å². The van der Waals surface area contributed by atoms with Crippen LogP contribution in [0.2, 0.25) is 5.02 Å². The number of carbonyl (C=O) groups is 2. The first-order valence-electron chi connectivity index (χ1n) is 6.77. The molecular formula is C15H20ClNO4. The number of esters is 1. The number of benzene rings is 1. The molecule has 5 nitrogen and oxygen atoms in total. The number of halogens is 1. The molecule has 1 aromatic rings. The molecule has 0 fully saturated rings. The standard InChI is InChI=1S/C15H20ClNO4/c1-3-21-15(20)9-14(19)13(17-10(2)18)8-11-4-6-12(16)7-5-11/h4-7,13-14,19H,3,8-9H2,1-2H3,(H,17,18)/t13-,14+/m0/s1. The molecule has 0 saturated carbocycles. The molecule has 0 aliphatic heterocycles. The van der Waals surface area contributed by atoms with Gasteiger partial charge >= 0.3 is 5.97 Å². The Morgan fingerprint density at radius 2 is 1.95 bits per heavy atom. The minimum atomic E-state index is -1.01. The van der Waals surface area contributed by atoms with Crippen LogP contribution >= 0.6 is 11.6 Å². The smallest absolute Gasteiger partial charge is 0.308 e. The summed E-state index contributed by atoms with van der Waals surface area (Å²) < 4.78 is 4.80. The van der Waals surface area contributed by atoms with E-state index in [2.05, 4.69) is 5.32 Å². The average molecular weight is 314 g/mol. The molecule has 0 aliphatic rings. The Balaban J connectivity index is 2.72. The molecule has 0 bridgehead atoms. The Kier molecular flexibility index (Phi) is 7.19. The lowest BCUT2D eigenvalue weighted by molar-refractivity contribution is -0.146. The van der Waals surface area contributed by atoms with E-state index in [0.29, 0.717) is 11.4 Å². The maximum atomic E-state index is 11.4. The lowest BCUT2D eigenvalue weighted by atomic mass is 9.99. The highest BCUT2D eigenvalue weighted by molar-refractivity contribution is 6.30. The first-order chi connectivity index (χ1) is 9.92. The van der Waals surface area contributed by atoms with Crippen LogP contribution in [0.5, 0.6) is 0 Å². The van der Waals surface area contributed by atoms with Gasteiger partial charge in [0.25, 0.3) is 0 Å². The SMILES string of the molecule is CCOC(=O)C[C@@H](O)[C@H](Cc1ccc(Cl)cc1)NC(C)=O. The Bertz CT molecular complexity index is 475. The first-order valence-corrected chi connectivity index (χ1v) is 7.15. The molecule has 2 atom stereocenters. The zero-order valence-electron chi connectivity index (χ0n) is 12.1. The molecule has 0 spiro atoms. The summed E-state index contributed by atoms with van der Waals surface area (Å²) in [6.45, 7) is 3.32. The van der Waals surface area contributed by atoms with Gasteiger partial charge in [-0.1, -0.05) is 23.7 Å². The molecule has 1 aromatic carbocycles. The third-order valence-corrected chi connectivity index (χ3v) is 3.16. The fraction of sp³-hybridized carbons (Fsp3) is 0.467. The van der Waals surface area contributed by atoms with E-state index in [0.717, 1.165) is 5.56 Å². The monoisotopic (exact) mass is 313 g/mol. The second kappa shape index (κ2) is 8.64. The molecule has 0 unspecified atom stereocenters. The Morgan fingerprint density at radius 1 is 1.33 bits per heavy atom. The molecular weight excluding hydrogens is 294 g/mol. The van der Waals surface area contributed by atoms with Gasteiger partial charge in [-0.05, 0) is 31.0 Å². The van der Waals surface area contributed by atoms with E-state index in [1.807, 2.05) is 12.1 Å². The van der Waals surface area contributed by atoms with Gasteiger partial charge in [0.1, 0.15) is 0 Å². The van der Waals surface area contributed by atoms with Gasteiger partial charge in [0.2, 0.25) is 5.91 Å². The molecule has 1 amide bonds. The van der Waals surface area contributed by atoms with Gasteiger partial charge in [-0.25, -0.2) is 0 Å². The van der Waals surface area contributed by atoms with Crippen LogP contribution in [0.25, 0.3) is 0 Å². The van der Waals surface area contributed by atoms with Crippen molar-refractivity contribution in [2.45, 2.75) is 38.8 Å². The second-order valence-corrected chi connectivity index (χ2v) is 5.15. The molecule has 116 valence electrons. The fourth-order valence-corrected chi connectivity index (χ4v) is 2.08. The molecule has 0 aromatic heterocycles. The summed E-state index contributed by atoms with van der Waals surface area (Å²) in [7, 11) is 0. The van der Waals surface area contributed by atoms with E-state index in [4.69, 9.17) is 16.3 Å². The summed E-state index contributed by atoms with van der Waals surface area (Å²) in [5.41, 5.74) is 0.904. The van der Waals surface area contributed by atoms with Crippen molar-refractivity contribution < 1.29 is 19.4 Å². The summed E-state index contributed by atoms with van der Waals surface area (Å²) in [6.07, 6.45) is -0.771. The van der Waals surface area contributed by atoms with E-state index in [9.17, 15) is 14.7 Å². The number of hydrogen-bond donors (Lipinski definition) is 2. The van der Waals surface area contributed by atoms with Crippen molar-refractivity contribution in [3.63, 3.8) is 0 Å². The molecule has 0 heterocycles. The maximum absolute atomic E-state index is 11.4. The van der Waals surface area contributed by atoms with Gasteiger partial charge in [0.05, 0.1) is 25.2 Å². The van der Waals surface area contributed by atoms with Crippen LogP contribution in [-0.4, -0.2) is 35.7 Å². The molecule has 2 N–H and O–H groups in total. The fourth-order valence-electron chi connectivity index (χ4n) is 1.95. The zero-order valence-corrected chi connectivity index (χ0v) is 12.9. The highest BCUT2D eigenvalue weighted by atomic mass is 35.5. The van der Waals surface area contributed by atoms with Gasteiger partial charge in [-0.15, -0.1) is 0 Å². The largest absolute Gasteiger partial charge is 0.466 e. The van der Waals surface area contributed by atoms with Crippen molar-refractivity contribution in [1.82, 2.24) is 5.32 Å². The maximum Gasteiger partial charge on any atom is 0.308 e. The number of ether oxygens (including phenoxy) is 1. The van der Waals surface area contributed by atoms with Crippen LogP contribution in [0.3, 0.4) is 0 Å². The van der Waals surface area contributed by atoms with Gasteiger partial charge < -0.3 is 15.2 Å². The number of aliphatic hydroxyl groups excluding tert-OH is 1. The number of aliphatic hydroxyl groups is 1. The van der Waals surface area contributed by atoms with E-state index >= 15 is 0 Å². The van der Waals surface area contributed by atoms with Gasteiger partial charge in [-0.2, -0.15) is 0 Å². The highest BCUT2D eigenvalue weighted by Gasteiger charge is 2.23. The van der Waals surface area contributed by atoms with Crippen molar-refractivity contribution in [2.75, 3.05) is 6.61 Å². The number of nitrogens with one attached hydrogen (secondary N) is 1. The third-order valence-electron chi connectivity index (χ3n) is 2.90. The minimum Gasteiger partial charge on any atom is -0.466 e. The van der Waals surface area contributed by atoms with Crippen LogP contribution < -0.4 is 5.32 Å². The van der Waals surface area contributed by atoms with Crippen molar-refractivity contribution in [3.05, 3.63) is 34.9 Å². The van der Waals surface area contributed by atoms with Crippen molar-refractivity contribution in [3.8, 4) is 0 Å². The van der Waals surface area contributed by atoms with Gasteiger partial charge in [0.15, 0.2) is 0 Å². The Hall–Kier alpha value is -1.59. The normalized spacial score (nSPS) is 13.3. The minimum absolute atomic E-state index is 0.160. The van der Waals surface area contributed by atoms with Gasteiger partial charge in [-0.3, -0.25) is 9.59 Å². The van der Waals surface area contributed by atoms with Crippen molar-refractivity contribution in [2.24, 2.45) is 0 Å². The summed E-state index contributed by atoms with van der Waals surface area (Å²) in [6, 6.07) is 6.54. The second-order valence-electron chi connectivity index (χ2n) is 4.71. The predicted molar refractivity (Wildman–Crippen MR) is 80.0 cm³/mol. The number of carbonyl (C=O) groups excluding carboxylic acids is 2. The molecule has 1 rings (SSSR count). The highest BCUT2D eigenvalue weighted by Crippen LogP contribution is 2.13. The molecule has 0 aliphatic carbocycles. The summed E-state index contributed by atoms with van der Waals surface area (Å²) in [5, 5.41) is 13.4. The quantitative estimate of drug-likeness (QED) is 0.751. The van der Waals surface area contributed by atoms with Crippen LogP contribution in [0.1, 0.15) is 25.8 Å². The molecule has 6 heteroatoms. The van der Waals surface area contributed by atoms with E-state index in [1.165, 1.54) is 6.92 Å². The summed E-state index contributed by atoms with van der Waals surface area (Å²) in [5.74, 6) is -0.756. The van der Waals surface area contributed by atoms with Gasteiger partial charge in [0, 0.05) is 11.9 Å². The number of rotatable bonds is 7. The topological polar surface area (TPSA) is 75.6 Å². The van der Waals surface area contributed by atoms with Crippen molar-refractivity contribution >= 4 is 23.5 Å². The van der Waals surface area contributed by atoms with Crippen LogP contribution in [-0.2, 0) is 20.7 Å². The molecule has 21 heavy (non-hydrogen) atoms. The summed E-state index contributed by atoms with van der Waals surface area (Å²) >= 11 is 5.82. The lowest BCUT2D eigenvalue weighted by Crippen LogP contribution is -2.45. The summed E-state index contributed by atoms with van der Waals surface area (Å²) in [4.78, 5) is 22.7. The van der Waals surface area contributed by atoms with E-state index in [-0.39, 0.29) is 18.9 Å². The first kappa shape index (κ1) is 17.5. The van der Waals surface area contributed by atoms with E-state index < -0.39 is 18.1 Å². The number of hydrogen-bond acceptors (Lipinski definition) is 4. The van der Waals surface area contributed by atoms with Crippen LogP contribution in [0.15, 0.2) is 24.3 Å². The number of amides is 1. The molecule has 0 radical (unpaired) electrons. The van der Waals surface area contributed by atoms with Crippen LogP contribution in [0, 0.1) is 0 Å². The average Bonchev–Trinajstić information content (AvgIpc) is 2.40. The van der Waals surface area contributed by atoms with E-state index in [1.54, 1.807) is 19.1 Å². The Morgan fingerprint density at radius 3 is 2.48 bits per heavy atom. The predicted octanol–water partition coefficient (Wildman–Crippen LogP) is 1.70. The molecule has 0 saturated heterocycles.